The Hall–Kier alpha value is -1.81. The molecule has 2 rings (SSSR count). The summed E-state index contributed by atoms with van der Waals surface area (Å²) in [5.41, 5.74) is 8.25. The van der Waals surface area contributed by atoms with Crippen molar-refractivity contribution in [3.8, 4) is 11.1 Å². The zero-order valence-corrected chi connectivity index (χ0v) is 11.1. The maximum absolute atomic E-state index is 12.9. The van der Waals surface area contributed by atoms with Crippen molar-refractivity contribution in [2.24, 2.45) is 5.73 Å². The molecule has 1 atom stereocenters. The number of hydrogen-bond acceptors (Lipinski definition) is 1. The third-order valence-electron chi connectivity index (χ3n) is 3.38. The summed E-state index contributed by atoms with van der Waals surface area (Å²) in [5, 5.41) is 0. The van der Waals surface area contributed by atoms with E-state index in [1.54, 1.807) is 12.1 Å². The Kier molecular flexibility index (Phi) is 4.14. The van der Waals surface area contributed by atoms with Gasteiger partial charge in [-0.2, -0.15) is 13.2 Å². The van der Waals surface area contributed by atoms with Gasteiger partial charge in [-0.3, -0.25) is 0 Å². The van der Waals surface area contributed by atoms with Crippen molar-refractivity contribution in [3.05, 3.63) is 59.7 Å². The first-order chi connectivity index (χ1) is 9.43. The topological polar surface area (TPSA) is 26.0 Å². The summed E-state index contributed by atoms with van der Waals surface area (Å²) in [6, 6.07) is 14.1. The first-order valence-corrected chi connectivity index (χ1v) is 6.36. The van der Waals surface area contributed by atoms with Crippen molar-refractivity contribution < 1.29 is 13.2 Å². The van der Waals surface area contributed by atoms with Gasteiger partial charge in [-0.15, -0.1) is 0 Å². The molecule has 0 amide bonds. The molecular formula is C16H16F3N. The lowest BCUT2D eigenvalue weighted by molar-refractivity contribution is -0.148. The Morgan fingerprint density at radius 3 is 2.35 bits per heavy atom. The predicted octanol–water partition coefficient (Wildman–Crippen LogP) is 4.27. The lowest BCUT2D eigenvalue weighted by atomic mass is 9.93. The molecule has 0 aliphatic rings. The van der Waals surface area contributed by atoms with Crippen molar-refractivity contribution >= 4 is 0 Å². The molecule has 0 fully saturated rings. The van der Waals surface area contributed by atoms with E-state index in [0.29, 0.717) is 0 Å². The molecule has 2 aromatic rings. The van der Waals surface area contributed by atoms with E-state index in [1.807, 2.05) is 37.3 Å². The number of nitrogens with two attached hydrogens (primary N) is 1. The highest BCUT2D eigenvalue weighted by molar-refractivity contribution is 5.67. The van der Waals surface area contributed by atoms with E-state index < -0.39 is 18.6 Å². The van der Waals surface area contributed by atoms with Gasteiger partial charge >= 0.3 is 6.18 Å². The van der Waals surface area contributed by atoms with Crippen molar-refractivity contribution in [2.75, 3.05) is 6.54 Å². The minimum Gasteiger partial charge on any atom is -0.330 e. The quantitative estimate of drug-likeness (QED) is 0.892. The average molecular weight is 279 g/mol. The highest BCUT2D eigenvalue weighted by Crippen LogP contribution is 2.35. The van der Waals surface area contributed by atoms with Crippen LogP contribution in [-0.2, 0) is 0 Å². The molecule has 0 aliphatic carbocycles. The molecule has 0 heterocycles. The van der Waals surface area contributed by atoms with Crippen LogP contribution >= 0.6 is 0 Å². The predicted molar refractivity (Wildman–Crippen MR) is 74.5 cm³/mol. The van der Waals surface area contributed by atoms with Crippen LogP contribution in [0.25, 0.3) is 11.1 Å². The molecule has 0 aromatic heterocycles. The van der Waals surface area contributed by atoms with Crippen LogP contribution < -0.4 is 5.73 Å². The highest BCUT2D eigenvalue weighted by Gasteiger charge is 2.39. The Morgan fingerprint density at radius 1 is 1.05 bits per heavy atom. The van der Waals surface area contributed by atoms with Crippen LogP contribution in [0.2, 0.25) is 0 Å². The smallest absolute Gasteiger partial charge is 0.330 e. The first-order valence-electron chi connectivity index (χ1n) is 6.36. The van der Waals surface area contributed by atoms with Gasteiger partial charge in [0.2, 0.25) is 0 Å². The summed E-state index contributed by atoms with van der Waals surface area (Å²) in [5.74, 6) is -1.62. The van der Waals surface area contributed by atoms with Crippen LogP contribution in [0.1, 0.15) is 17.0 Å². The van der Waals surface area contributed by atoms with Crippen molar-refractivity contribution in [2.45, 2.75) is 19.0 Å². The fourth-order valence-electron chi connectivity index (χ4n) is 2.28. The average Bonchev–Trinajstić information content (AvgIpc) is 2.39. The van der Waals surface area contributed by atoms with Crippen LogP contribution in [0.4, 0.5) is 13.2 Å². The number of halogens is 3. The molecule has 2 N–H and O–H groups in total. The first kappa shape index (κ1) is 14.6. The van der Waals surface area contributed by atoms with Gasteiger partial charge in [-0.05, 0) is 29.2 Å². The lowest BCUT2D eigenvalue weighted by Crippen LogP contribution is -2.27. The molecule has 0 aliphatic heterocycles. The van der Waals surface area contributed by atoms with Crippen molar-refractivity contribution in [1.29, 1.82) is 0 Å². The maximum Gasteiger partial charge on any atom is 0.396 e. The molecule has 0 saturated heterocycles. The lowest BCUT2D eigenvalue weighted by Gasteiger charge is -2.19. The molecule has 0 bridgehead atoms. The molecule has 4 heteroatoms. The molecule has 1 unspecified atom stereocenters. The monoisotopic (exact) mass is 279 g/mol. The van der Waals surface area contributed by atoms with E-state index in [-0.39, 0.29) is 5.56 Å². The Morgan fingerprint density at radius 2 is 1.75 bits per heavy atom. The maximum atomic E-state index is 12.9. The van der Waals surface area contributed by atoms with Gasteiger partial charge in [0.25, 0.3) is 0 Å². The number of hydrogen-bond donors (Lipinski definition) is 1. The van der Waals surface area contributed by atoms with Gasteiger partial charge < -0.3 is 5.73 Å². The Balaban J connectivity index is 2.45. The summed E-state index contributed by atoms with van der Waals surface area (Å²) in [4.78, 5) is 0. The van der Waals surface area contributed by atoms with Crippen molar-refractivity contribution in [1.82, 2.24) is 0 Å². The van der Waals surface area contributed by atoms with Gasteiger partial charge in [0.1, 0.15) is 0 Å². The molecule has 0 saturated carbocycles. The van der Waals surface area contributed by atoms with E-state index >= 15 is 0 Å². The van der Waals surface area contributed by atoms with Crippen molar-refractivity contribution in [3.63, 3.8) is 0 Å². The number of benzene rings is 2. The standard InChI is InChI=1S/C16H16F3N/c1-11-5-2-3-8-14(11)12-6-4-7-13(9-12)15(10-20)16(17,18)19/h2-9,15H,10,20H2,1H3. The molecule has 1 nitrogen and oxygen atoms in total. The third kappa shape index (κ3) is 3.02. The molecule has 106 valence electrons. The zero-order chi connectivity index (χ0) is 14.8. The normalized spacial score (nSPS) is 13.2. The molecule has 20 heavy (non-hydrogen) atoms. The summed E-state index contributed by atoms with van der Waals surface area (Å²) in [7, 11) is 0. The van der Waals surface area contributed by atoms with Gasteiger partial charge in [0.05, 0.1) is 5.92 Å². The van der Waals surface area contributed by atoms with E-state index in [1.165, 1.54) is 6.07 Å². The molecular weight excluding hydrogens is 263 g/mol. The fraction of sp³-hybridized carbons (Fsp3) is 0.250. The molecule has 0 spiro atoms. The zero-order valence-electron chi connectivity index (χ0n) is 11.1. The minimum atomic E-state index is -4.32. The van der Waals surface area contributed by atoms with Crippen LogP contribution in [0.5, 0.6) is 0 Å². The number of alkyl halides is 3. The fourth-order valence-corrected chi connectivity index (χ4v) is 2.28. The summed E-state index contributed by atoms with van der Waals surface area (Å²) in [6.45, 7) is 1.49. The SMILES string of the molecule is Cc1ccccc1-c1cccc(C(CN)C(F)(F)F)c1. The van der Waals surface area contributed by atoms with E-state index in [0.717, 1.165) is 16.7 Å². The van der Waals surface area contributed by atoms with Crippen LogP contribution in [0.3, 0.4) is 0 Å². The second-order valence-electron chi connectivity index (χ2n) is 4.77. The van der Waals surface area contributed by atoms with E-state index in [4.69, 9.17) is 5.73 Å². The van der Waals surface area contributed by atoms with E-state index in [2.05, 4.69) is 0 Å². The Bertz CT molecular complexity index is 590. The number of rotatable bonds is 3. The third-order valence-corrected chi connectivity index (χ3v) is 3.38. The second kappa shape index (κ2) is 5.67. The number of aryl methyl sites for hydroxylation is 1. The largest absolute Gasteiger partial charge is 0.396 e. The summed E-state index contributed by atoms with van der Waals surface area (Å²) >= 11 is 0. The van der Waals surface area contributed by atoms with Crippen LogP contribution in [0, 0.1) is 6.92 Å². The molecule has 0 radical (unpaired) electrons. The van der Waals surface area contributed by atoms with Gasteiger partial charge in [0, 0.05) is 6.54 Å². The highest BCUT2D eigenvalue weighted by atomic mass is 19.4. The minimum absolute atomic E-state index is 0.209. The summed E-state index contributed by atoms with van der Waals surface area (Å²) < 4.78 is 38.8. The Labute approximate surface area is 116 Å². The second-order valence-corrected chi connectivity index (χ2v) is 4.77. The van der Waals surface area contributed by atoms with Gasteiger partial charge in [-0.25, -0.2) is 0 Å². The van der Waals surface area contributed by atoms with Crippen LogP contribution in [-0.4, -0.2) is 12.7 Å². The molecule has 2 aromatic carbocycles. The van der Waals surface area contributed by atoms with E-state index in [9.17, 15) is 13.2 Å². The van der Waals surface area contributed by atoms with Gasteiger partial charge in [-0.1, -0.05) is 48.5 Å². The van der Waals surface area contributed by atoms with Gasteiger partial charge in [0.15, 0.2) is 0 Å². The summed E-state index contributed by atoms with van der Waals surface area (Å²) in [6.07, 6.45) is -4.32. The van der Waals surface area contributed by atoms with Crippen LogP contribution in [0.15, 0.2) is 48.5 Å².